The molecule has 0 aliphatic carbocycles. The van der Waals surface area contributed by atoms with Crippen LogP contribution in [0.5, 0.6) is 0 Å². The molecule has 0 unspecified atom stereocenters. The lowest BCUT2D eigenvalue weighted by atomic mass is 10.1. The fourth-order valence-electron chi connectivity index (χ4n) is 2.34. The normalized spacial score (nSPS) is 25.6. The van der Waals surface area contributed by atoms with E-state index < -0.39 is 0 Å². The van der Waals surface area contributed by atoms with Gasteiger partial charge in [0.05, 0.1) is 24.1 Å². The van der Waals surface area contributed by atoms with Crippen molar-refractivity contribution in [3.8, 4) is 0 Å². The predicted molar refractivity (Wildman–Crippen MR) is 91.3 cm³/mol. The van der Waals surface area contributed by atoms with E-state index in [2.05, 4.69) is 20.8 Å². The summed E-state index contributed by atoms with van der Waals surface area (Å²) in [4.78, 5) is 0. The Labute approximate surface area is 135 Å². The first-order chi connectivity index (χ1) is 10.3. The second-order valence-electron chi connectivity index (χ2n) is 5.75. The van der Waals surface area contributed by atoms with Crippen molar-refractivity contribution in [1.82, 2.24) is 0 Å². The lowest BCUT2D eigenvalue weighted by Crippen LogP contribution is -2.37. The zero-order chi connectivity index (χ0) is 15.3. The maximum absolute atomic E-state index is 6.13. The number of hydrogen-bond donors (Lipinski definition) is 0. The average molecular weight is 319 g/mol. The Morgan fingerprint density at radius 2 is 1.48 bits per heavy atom. The molecular weight excluding hydrogens is 284 g/mol. The van der Waals surface area contributed by atoms with Gasteiger partial charge in [0.25, 0.3) is 0 Å². The highest BCUT2D eigenvalue weighted by molar-refractivity contribution is 8.00. The molecule has 0 radical (unpaired) electrons. The van der Waals surface area contributed by atoms with Crippen LogP contribution in [0.4, 0.5) is 0 Å². The molecule has 3 nitrogen and oxygen atoms in total. The van der Waals surface area contributed by atoms with E-state index in [-0.39, 0.29) is 12.2 Å². The van der Waals surface area contributed by atoms with Gasteiger partial charge in [-0.05, 0) is 19.3 Å². The van der Waals surface area contributed by atoms with Gasteiger partial charge < -0.3 is 14.2 Å². The van der Waals surface area contributed by atoms with Crippen LogP contribution < -0.4 is 0 Å². The second kappa shape index (κ2) is 12.7. The van der Waals surface area contributed by atoms with Crippen LogP contribution in [0.1, 0.15) is 59.3 Å². The Bertz CT molecular complexity index is 238. The van der Waals surface area contributed by atoms with Gasteiger partial charge in [-0.2, -0.15) is 11.8 Å². The smallest absolute Gasteiger partial charge is 0.0985 e. The van der Waals surface area contributed by atoms with Crippen LogP contribution in [-0.4, -0.2) is 49.6 Å². The van der Waals surface area contributed by atoms with Crippen LogP contribution in [0, 0.1) is 0 Å². The molecule has 1 aliphatic heterocycles. The van der Waals surface area contributed by atoms with Crippen molar-refractivity contribution in [3.63, 3.8) is 0 Å². The number of hydrogen-bond acceptors (Lipinski definition) is 4. The number of thioether (sulfide) groups is 1. The van der Waals surface area contributed by atoms with E-state index in [1.165, 1.54) is 19.3 Å². The molecule has 0 spiro atoms. The Hall–Kier alpha value is 0.230. The van der Waals surface area contributed by atoms with Crippen molar-refractivity contribution in [3.05, 3.63) is 0 Å². The molecule has 1 saturated heterocycles. The number of ether oxygens (including phenoxy) is 3. The highest BCUT2D eigenvalue weighted by Gasteiger charge is 2.38. The summed E-state index contributed by atoms with van der Waals surface area (Å²) in [6, 6.07) is 0. The van der Waals surface area contributed by atoms with Crippen LogP contribution >= 0.6 is 11.8 Å². The fourth-order valence-corrected chi connectivity index (χ4v) is 3.70. The molecule has 3 atom stereocenters. The lowest BCUT2D eigenvalue weighted by molar-refractivity contribution is -0.0656. The average Bonchev–Trinajstić information content (AvgIpc) is 2.87. The molecule has 126 valence electrons. The standard InChI is InChI=1S/C17H34O3S/c1-4-7-10-18-13-16-17(20-12-9-6-3)15(14-21-16)19-11-8-5-2/h15-17H,4-14H2,1-3H3/t15-,16-,17+/m1/s1. The van der Waals surface area contributed by atoms with E-state index in [0.29, 0.717) is 5.25 Å². The Morgan fingerprint density at radius 3 is 2.14 bits per heavy atom. The summed E-state index contributed by atoms with van der Waals surface area (Å²) >= 11 is 1.96. The lowest BCUT2D eigenvalue weighted by Gasteiger charge is -2.24. The van der Waals surface area contributed by atoms with Gasteiger partial charge in [-0.15, -0.1) is 0 Å². The van der Waals surface area contributed by atoms with E-state index >= 15 is 0 Å². The minimum absolute atomic E-state index is 0.208. The van der Waals surface area contributed by atoms with Crippen LogP contribution in [0.15, 0.2) is 0 Å². The molecule has 0 saturated carbocycles. The molecule has 0 aromatic rings. The predicted octanol–water partition coefficient (Wildman–Crippen LogP) is 4.29. The van der Waals surface area contributed by atoms with Gasteiger partial charge in [0.15, 0.2) is 0 Å². The number of unbranched alkanes of at least 4 members (excludes halogenated alkanes) is 3. The SMILES string of the molecule is CCCCOC[C@H]1SC[C@@H](OCCCC)[C@@H]1OCCCC. The summed E-state index contributed by atoms with van der Waals surface area (Å²) in [7, 11) is 0. The molecule has 0 N–H and O–H groups in total. The summed E-state index contributed by atoms with van der Waals surface area (Å²) < 4.78 is 18.0. The molecule has 1 aliphatic rings. The fraction of sp³-hybridized carbons (Fsp3) is 1.00. The third-order valence-electron chi connectivity index (χ3n) is 3.77. The minimum Gasteiger partial charge on any atom is -0.380 e. The van der Waals surface area contributed by atoms with E-state index in [1.54, 1.807) is 0 Å². The second-order valence-corrected chi connectivity index (χ2v) is 7.02. The largest absolute Gasteiger partial charge is 0.380 e. The van der Waals surface area contributed by atoms with Gasteiger partial charge in [-0.3, -0.25) is 0 Å². The van der Waals surface area contributed by atoms with Crippen molar-refractivity contribution in [1.29, 1.82) is 0 Å². The van der Waals surface area contributed by atoms with Crippen molar-refractivity contribution < 1.29 is 14.2 Å². The van der Waals surface area contributed by atoms with Gasteiger partial charge >= 0.3 is 0 Å². The van der Waals surface area contributed by atoms with Gasteiger partial charge in [-0.25, -0.2) is 0 Å². The van der Waals surface area contributed by atoms with Crippen molar-refractivity contribution in [2.45, 2.75) is 76.8 Å². The van der Waals surface area contributed by atoms with Gasteiger partial charge in [-0.1, -0.05) is 40.0 Å². The van der Waals surface area contributed by atoms with Crippen molar-refractivity contribution in [2.24, 2.45) is 0 Å². The van der Waals surface area contributed by atoms with Crippen molar-refractivity contribution in [2.75, 3.05) is 32.2 Å². The molecule has 0 bridgehead atoms. The summed E-state index contributed by atoms with van der Waals surface area (Å²) in [6.07, 6.45) is 7.43. The highest BCUT2D eigenvalue weighted by atomic mass is 32.2. The summed E-state index contributed by atoms with van der Waals surface area (Å²) in [6.45, 7) is 9.98. The van der Waals surface area contributed by atoms with Crippen LogP contribution in [-0.2, 0) is 14.2 Å². The molecule has 1 fully saturated rings. The Balaban J connectivity index is 2.36. The van der Waals surface area contributed by atoms with Gasteiger partial charge in [0, 0.05) is 25.6 Å². The zero-order valence-corrected chi connectivity index (χ0v) is 15.0. The van der Waals surface area contributed by atoms with E-state index in [4.69, 9.17) is 14.2 Å². The molecule has 0 aromatic carbocycles. The Kier molecular flexibility index (Phi) is 11.7. The molecule has 4 heteroatoms. The minimum atomic E-state index is 0.208. The van der Waals surface area contributed by atoms with Crippen LogP contribution in [0.2, 0.25) is 0 Å². The maximum Gasteiger partial charge on any atom is 0.0985 e. The summed E-state index contributed by atoms with van der Waals surface area (Å²) in [5.41, 5.74) is 0. The third-order valence-corrected chi connectivity index (χ3v) is 5.12. The van der Waals surface area contributed by atoms with Gasteiger partial charge in [0.1, 0.15) is 0 Å². The quantitative estimate of drug-likeness (QED) is 0.474. The van der Waals surface area contributed by atoms with Crippen LogP contribution in [0.25, 0.3) is 0 Å². The van der Waals surface area contributed by atoms with E-state index in [1.807, 2.05) is 11.8 Å². The van der Waals surface area contributed by atoms with Gasteiger partial charge in [0.2, 0.25) is 0 Å². The molecular formula is C17H34O3S. The van der Waals surface area contributed by atoms with Crippen molar-refractivity contribution >= 4 is 11.8 Å². The summed E-state index contributed by atoms with van der Waals surface area (Å²) in [5, 5.41) is 0.435. The first-order valence-electron chi connectivity index (χ1n) is 8.75. The monoisotopic (exact) mass is 318 g/mol. The zero-order valence-electron chi connectivity index (χ0n) is 14.1. The molecule has 1 heterocycles. The highest BCUT2D eigenvalue weighted by Crippen LogP contribution is 2.32. The maximum atomic E-state index is 6.13. The molecule has 1 rings (SSSR count). The molecule has 21 heavy (non-hydrogen) atoms. The summed E-state index contributed by atoms with van der Waals surface area (Å²) in [5.74, 6) is 1.04. The van der Waals surface area contributed by atoms with E-state index in [0.717, 1.165) is 51.4 Å². The topological polar surface area (TPSA) is 27.7 Å². The first kappa shape index (κ1) is 19.3. The van der Waals surface area contributed by atoms with E-state index in [9.17, 15) is 0 Å². The molecule has 0 amide bonds. The first-order valence-corrected chi connectivity index (χ1v) is 9.80. The van der Waals surface area contributed by atoms with Crippen LogP contribution in [0.3, 0.4) is 0 Å². The Morgan fingerprint density at radius 1 is 0.857 bits per heavy atom. The third kappa shape index (κ3) is 7.87. The number of rotatable bonds is 13. The molecule has 0 aromatic heterocycles.